The molecule has 0 aromatic rings. The maximum absolute atomic E-state index is 11.3. The van der Waals surface area contributed by atoms with Crippen LogP contribution < -0.4 is 0 Å². The Bertz CT molecular complexity index is 251. The van der Waals surface area contributed by atoms with Crippen molar-refractivity contribution in [2.75, 3.05) is 13.1 Å². The standard InChI is InChI=1S/C14H25NO2/c1-2-3-4-5-6-7-8-9-11-15-12-10-13(16)14(15)17/h2-12H2,1H3. The lowest BCUT2D eigenvalue weighted by atomic mass is 10.1. The zero-order valence-corrected chi connectivity index (χ0v) is 11.0. The number of ketones is 1. The van der Waals surface area contributed by atoms with Gasteiger partial charge in [0.25, 0.3) is 5.91 Å². The summed E-state index contributed by atoms with van der Waals surface area (Å²) in [6.07, 6.45) is 10.6. The van der Waals surface area contributed by atoms with Crippen LogP contribution in [0.5, 0.6) is 0 Å². The van der Waals surface area contributed by atoms with Crippen molar-refractivity contribution in [2.24, 2.45) is 0 Å². The molecule has 3 nitrogen and oxygen atoms in total. The highest BCUT2D eigenvalue weighted by molar-refractivity contribution is 6.37. The predicted octanol–water partition coefficient (Wildman–Crippen LogP) is 2.93. The summed E-state index contributed by atoms with van der Waals surface area (Å²) in [5, 5.41) is 0. The van der Waals surface area contributed by atoms with Gasteiger partial charge in [0, 0.05) is 19.5 Å². The van der Waals surface area contributed by atoms with Crippen LogP contribution in [0.1, 0.15) is 64.7 Å². The number of carbonyl (C=O) groups is 2. The SMILES string of the molecule is CCCCCCCCCCN1CCC(=O)C1=O. The molecule has 3 heteroatoms. The number of likely N-dealkylation sites (tertiary alicyclic amines) is 1. The monoisotopic (exact) mass is 239 g/mol. The molecular formula is C14H25NO2. The second-order valence-corrected chi connectivity index (χ2v) is 4.94. The van der Waals surface area contributed by atoms with Crippen LogP contribution in [0, 0.1) is 0 Å². The molecule has 1 aliphatic rings. The van der Waals surface area contributed by atoms with Gasteiger partial charge in [0.1, 0.15) is 0 Å². The van der Waals surface area contributed by atoms with Gasteiger partial charge in [0.15, 0.2) is 0 Å². The van der Waals surface area contributed by atoms with Crippen LogP contribution in [-0.2, 0) is 9.59 Å². The summed E-state index contributed by atoms with van der Waals surface area (Å²) in [5.74, 6) is -0.461. The van der Waals surface area contributed by atoms with E-state index in [2.05, 4.69) is 6.92 Å². The van der Waals surface area contributed by atoms with Crippen LogP contribution in [0.25, 0.3) is 0 Å². The summed E-state index contributed by atoms with van der Waals surface area (Å²) in [6, 6.07) is 0. The zero-order valence-electron chi connectivity index (χ0n) is 11.0. The minimum atomic E-state index is -0.257. The Hall–Kier alpha value is -0.860. The van der Waals surface area contributed by atoms with Crippen LogP contribution in [0.2, 0.25) is 0 Å². The minimum absolute atomic E-state index is 0.204. The number of nitrogens with zero attached hydrogens (tertiary/aromatic N) is 1. The maximum atomic E-state index is 11.3. The summed E-state index contributed by atoms with van der Waals surface area (Å²) in [6.45, 7) is 3.65. The number of hydrogen-bond acceptors (Lipinski definition) is 2. The predicted molar refractivity (Wildman–Crippen MR) is 68.8 cm³/mol. The first kappa shape index (κ1) is 14.2. The fourth-order valence-corrected chi connectivity index (χ4v) is 2.27. The molecule has 0 N–H and O–H groups in total. The number of unbranched alkanes of at least 4 members (excludes halogenated alkanes) is 7. The Morgan fingerprint density at radius 2 is 1.53 bits per heavy atom. The van der Waals surface area contributed by atoms with Crippen LogP contribution in [0.15, 0.2) is 0 Å². The third kappa shape index (κ3) is 5.33. The topological polar surface area (TPSA) is 37.4 Å². The number of carbonyl (C=O) groups excluding carboxylic acids is 2. The number of hydrogen-bond donors (Lipinski definition) is 0. The molecule has 1 rings (SSSR count). The van der Waals surface area contributed by atoms with E-state index in [1.54, 1.807) is 4.90 Å². The van der Waals surface area contributed by atoms with E-state index >= 15 is 0 Å². The van der Waals surface area contributed by atoms with E-state index in [0.29, 0.717) is 13.0 Å². The molecule has 0 aliphatic carbocycles. The lowest BCUT2D eigenvalue weighted by Crippen LogP contribution is -2.28. The Morgan fingerprint density at radius 1 is 0.941 bits per heavy atom. The van der Waals surface area contributed by atoms with Crippen molar-refractivity contribution in [2.45, 2.75) is 64.7 Å². The third-order valence-electron chi connectivity index (χ3n) is 3.42. The molecule has 1 heterocycles. The van der Waals surface area contributed by atoms with E-state index in [0.717, 1.165) is 13.0 Å². The van der Waals surface area contributed by atoms with Crippen molar-refractivity contribution in [3.05, 3.63) is 0 Å². The largest absolute Gasteiger partial charge is 0.336 e. The smallest absolute Gasteiger partial charge is 0.290 e. The molecule has 0 aromatic carbocycles. The quantitative estimate of drug-likeness (QED) is 0.458. The van der Waals surface area contributed by atoms with Gasteiger partial charge in [-0.1, -0.05) is 51.9 Å². The lowest BCUT2D eigenvalue weighted by molar-refractivity contribution is -0.140. The van der Waals surface area contributed by atoms with Crippen molar-refractivity contribution in [3.8, 4) is 0 Å². The van der Waals surface area contributed by atoms with Crippen LogP contribution in [-0.4, -0.2) is 29.7 Å². The Balaban J connectivity index is 1.91. The van der Waals surface area contributed by atoms with Gasteiger partial charge >= 0.3 is 0 Å². The van der Waals surface area contributed by atoms with Gasteiger partial charge in [-0.3, -0.25) is 9.59 Å². The van der Waals surface area contributed by atoms with Gasteiger partial charge in [-0.2, -0.15) is 0 Å². The van der Waals surface area contributed by atoms with E-state index in [4.69, 9.17) is 0 Å². The highest BCUT2D eigenvalue weighted by Crippen LogP contribution is 2.11. The molecule has 0 radical (unpaired) electrons. The summed E-state index contributed by atoms with van der Waals surface area (Å²) >= 11 is 0. The first-order valence-corrected chi connectivity index (χ1v) is 7.07. The molecule has 1 saturated heterocycles. The molecule has 0 unspecified atom stereocenters. The van der Waals surface area contributed by atoms with Crippen LogP contribution >= 0.6 is 0 Å². The van der Waals surface area contributed by atoms with Gasteiger partial charge < -0.3 is 4.90 Å². The fraction of sp³-hybridized carbons (Fsp3) is 0.857. The maximum Gasteiger partial charge on any atom is 0.290 e. The Labute approximate surface area is 105 Å². The molecule has 0 bridgehead atoms. The van der Waals surface area contributed by atoms with Gasteiger partial charge in [0.05, 0.1) is 0 Å². The zero-order chi connectivity index (χ0) is 12.5. The number of rotatable bonds is 9. The van der Waals surface area contributed by atoms with Crippen LogP contribution in [0.3, 0.4) is 0 Å². The second kappa shape index (κ2) is 8.26. The lowest BCUT2D eigenvalue weighted by Gasteiger charge is -2.13. The van der Waals surface area contributed by atoms with Gasteiger partial charge in [0.2, 0.25) is 5.78 Å². The third-order valence-corrected chi connectivity index (χ3v) is 3.42. The Morgan fingerprint density at radius 3 is 2.06 bits per heavy atom. The van der Waals surface area contributed by atoms with Crippen molar-refractivity contribution in [1.82, 2.24) is 4.90 Å². The van der Waals surface area contributed by atoms with E-state index < -0.39 is 0 Å². The molecule has 1 fully saturated rings. The normalized spacial score (nSPS) is 15.9. The molecule has 1 aliphatic heterocycles. The van der Waals surface area contributed by atoms with E-state index in [1.807, 2.05) is 0 Å². The van der Waals surface area contributed by atoms with Gasteiger partial charge in [-0.15, -0.1) is 0 Å². The highest BCUT2D eigenvalue weighted by atomic mass is 16.2. The summed E-state index contributed by atoms with van der Waals surface area (Å²) in [5.41, 5.74) is 0. The molecule has 0 aromatic heterocycles. The van der Waals surface area contributed by atoms with E-state index in [-0.39, 0.29) is 11.7 Å². The first-order valence-electron chi connectivity index (χ1n) is 7.07. The minimum Gasteiger partial charge on any atom is -0.336 e. The highest BCUT2D eigenvalue weighted by Gasteiger charge is 2.28. The van der Waals surface area contributed by atoms with Crippen molar-refractivity contribution in [3.63, 3.8) is 0 Å². The van der Waals surface area contributed by atoms with Crippen molar-refractivity contribution < 1.29 is 9.59 Å². The average Bonchev–Trinajstić information content (AvgIpc) is 2.64. The molecule has 0 saturated carbocycles. The second-order valence-electron chi connectivity index (χ2n) is 4.94. The first-order chi connectivity index (χ1) is 8.25. The average molecular weight is 239 g/mol. The van der Waals surface area contributed by atoms with Crippen molar-refractivity contribution >= 4 is 11.7 Å². The number of Topliss-reactive ketones (excluding diaryl/α,β-unsaturated/α-hetero) is 1. The summed E-state index contributed by atoms with van der Waals surface area (Å²) < 4.78 is 0. The van der Waals surface area contributed by atoms with Crippen molar-refractivity contribution in [1.29, 1.82) is 0 Å². The van der Waals surface area contributed by atoms with Crippen LogP contribution in [0.4, 0.5) is 0 Å². The summed E-state index contributed by atoms with van der Waals surface area (Å²) in [7, 11) is 0. The van der Waals surface area contributed by atoms with Gasteiger partial charge in [-0.05, 0) is 6.42 Å². The van der Waals surface area contributed by atoms with E-state index in [1.165, 1.54) is 44.9 Å². The molecule has 98 valence electrons. The molecule has 1 amide bonds. The summed E-state index contributed by atoms with van der Waals surface area (Å²) in [4.78, 5) is 24.1. The number of amides is 1. The van der Waals surface area contributed by atoms with Gasteiger partial charge in [-0.25, -0.2) is 0 Å². The molecule has 0 atom stereocenters. The van der Waals surface area contributed by atoms with E-state index in [9.17, 15) is 9.59 Å². The Kier molecular flexibility index (Phi) is 6.90. The molecular weight excluding hydrogens is 214 g/mol. The molecule has 17 heavy (non-hydrogen) atoms. The fourth-order valence-electron chi connectivity index (χ4n) is 2.27. The molecule has 0 spiro atoms.